The molecule has 72 valence electrons. The molecule has 0 radical (unpaired) electrons. The molecule has 0 N–H and O–H groups in total. The lowest BCUT2D eigenvalue weighted by Crippen LogP contribution is -2.02. The summed E-state index contributed by atoms with van der Waals surface area (Å²) in [6, 6.07) is 4.77. The van der Waals surface area contributed by atoms with Crippen molar-refractivity contribution in [2.24, 2.45) is 0 Å². The Balaban J connectivity index is 2.55. The Kier molecular flexibility index (Phi) is 1.99. The molecule has 0 bridgehead atoms. The first-order chi connectivity index (χ1) is 6.66. The van der Waals surface area contributed by atoms with E-state index < -0.39 is 0 Å². The Hall–Kier alpha value is -1.78. The SMILES string of the molecule is Cc1ccc(F)c(-n2nnc(C)n2)c1. The summed E-state index contributed by atoms with van der Waals surface area (Å²) in [6.45, 7) is 3.59. The van der Waals surface area contributed by atoms with Gasteiger partial charge >= 0.3 is 0 Å². The minimum absolute atomic E-state index is 0.325. The van der Waals surface area contributed by atoms with Gasteiger partial charge in [0.1, 0.15) is 5.69 Å². The lowest BCUT2D eigenvalue weighted by molar-refractivity contribution is 0.590. The second-order valence-electron chi connectivity index (χ2n) is 3.08. The Morgan fingerprint density at radius 1 is 1.29 bits per heavy atom. The van der Waals surface area contributed by atoms with Gasteiger partial charge < -0.3 is 0 Å². The summed E-state index contributed by atoms with van der Waals surface area (Å²) in [4.78, 5) is 1.19. The summed E-state index contributed by atoms with van der Waals surface area (Å²) in [5.41, 5.74) is 1.28. The number of halogens is 1. The highest BCUT2D eigenvalue weighted by Gasteiger charge is 2.07. The van der Waals surface area contributed by atoms with Crippen LogP contribution >= 0.6 is 0 Å². The minimum atomic E-state index is -0.354. The van der Waals surface area contributed by atoms with Crippen LogP contribution in [0.5, 0.6) is 0 Å². The van der Waals surface area contributed by atoms with E-state index in [4.69, 9.17) is 0 Å². The van der Waals surface area contributed by atoms with Crippen LogP contribution in [-0.2, 0) is 0 Å². The van der Waals surface area contributed by atoms with Gasteiger partial charge in [-0.2, -0.15) is 0 Å². The van der Waals surface area contributed by atoms with Crippen molar-refractivity contribution < 1.29 is 4.39 Å². The molecule has 1 aromatic carbocycles. The zero-order valence-electron chi connectivity index (χ0n) is 7.90. The standard InChI is InChI=1S/C9H9FN4/c1-6-3-4-8(10)9(5-6)14-12-7(2)11-13-14/h3-5H,1-2H3. The summed E-state index contributed by atoms with van der Waals surface area (Å²) in [7, 11) is 0. The van der Waals surface area contributed by atoms with E-state index in [0.717, 1.165) is 5.56 Å². The number of aromatic nitrogens is 4. The maximum absolute atomic E-state index is 13.3. The minimum Gasteiger partial charge on any atom is -0.205 e. The number of aryl methyl sites for hydroxylation is 2. The van der Waals surface area contributed by atoms with Gasteiger partial charge in [-0.15, -0.1) is 15.0 Å². The third-order valence-corrected chi connectivity index (χ3v) is 1.83. The van der Waals surface area contributed by atoms with Gasteiger partial charge in [-0.3, -0.25) is 0 Å². The average Bonchev–Trinajstić information content (AvgIpc) is 2.56. The van der Waals surface area contributed by atoms with E-state index in [1.165, 1.54) is 10.9 Å². The molecular formula is C9H9FN4. The zero-order valence-corrected chi connectivity index (χ0v) is 7.90. The fraction of sp³-hybridized carbons (Fsp3) is 0.222. The number of nitrogens with zero attached hydrogens (tertiary/aromatic N) is 4. The molecule has 1 aromatic heterocycles. The molecule has 0 saturated carbocycles. The van der Waals surface area contributed by atoms with Gasteiger partial charge in [0.2, 0.25) is 0 Å². The van der Waals surface area contributed by atoms with E-state index >= 15 is 0 Å². The number of hydrogen-bond donors (Lipinski definition) is 0. The largest absolute Gasteiger partial charge is 0.205 e. The van der Waals surface area contributed by atoms with Crippen molar-refractivity contribution in [3.8, 4) is 5.69 Å². The average molecular weight is 192 g/mol. The second kappa shape index (κ2) is 3.17. The van der Waals surface area contributed by atoms with Gasteiger partial charge in [0.15, 0.2) is 11.6 Å². The molecule has 0 atom stereocenters. The van der Waals surface area contributed by atoms with E-state index in [1.54, 1.807) is 19.1 Å². The monoisotopic (exact) mass is 192 g/mol. The molecule has 2 aromatic rings. The zero-order chi connectivity index (χ0) is 10.1. The van der Waals surface area contributed by atoms with Crippen LogP contribution in [0.3, 0.4) is 0 Å². The van der Waals surface area contributed by atoms with Crippen LogP contribution in [0.2, 0.25) is 0 Å². The summed E-state index contributed by atoms with van der Waals surface area (Å²) >= 11 is 0. The van der Waals surface area contributed by atoms with E-state index in [-0.39, 0.29) is 5.82 Å². The van der Waals surface area contributed by atoms with Crippen molar-refractivity contribution in [2.45, 2.75) is 13.8 Å². The molecule has 0 aliphatic rings. The van der Waals surface area contributed by atoms with E-state index in [1.807, 2.05) is 6.92 Å². The number of rotatable bonds is 1. The highest BCUT2D eigenvalue weighted by atomic mass is 19.1. The Bertz CT molecular complexity index is 464. The first-order valence-corrected chi connectivity index (χ1v) is 4.20. The highest BCUT2D eigenvalue weighted by molar-refractivity contribution is 5.34. The lowest BCUT2D eigenvalue weighted by atomic mass is 10.2. The highest BCUT2D eigenvalue weighted by Crippen LogP contribution is 2.12. The van der Waals surface area contributed by atoms with E-state index in [0.29, 0.717) is 11.5 Å². The van der Waals surface area contributed by atoms with Crippen molar-refractivity contribution in [1.29, 1.82) is 0 Å². The third kappa shape index (κ3) is 1.48. The Labute approximate surface area is 80.4 Å². The smallest absolute Gasteiger partial charge is 0.172 e. The molecule has 4 nitrogen and oxygen atoms in total. The fourth-order valence-electron chi connectivity index (χ4n) is 1.16. The van der Waals surface area contributed by atoms with Crippen LogP contribution in [0.4, 0.5) is 4.39 Å². The van der Waals surface area contributed by atoms with Crippen LogP contribution in [0.1, 0.15) is 11.4 Å². The quantitative estimate of drug-likeness (QED) is 0.686. The topological polar surface area (TPSA) is 43.6 Å². The Morgan fingerprint density at radius 3 is 2.71 bits per heavy atom. The molecule has 0 aliphatic heterocycles. The van der Waals surface area contributed by atoms with Crippen LogP contribution in [0.25, 0.3) is 5.69 Å². The van der Waals surface area contributed by atoms with Gasteiger partial charge in [0.05, 0.1) is 0 Å². The van der Waals surface area contributed by atoms with Gasteiger partial charge in [0.25, 0.3) is 0 Å². The molecule has 0 spiro atoms. The van der Waals surface area contributed by atoms with Crippen LogP contribution in [0.15, 0.2) is 18.2 Å². The van der Waals surface area contributed by atoms with Crippen molar-refractivity contribution in [1.82, 2.24) is 20.2 Å². The molecule has 0 unspecified atom stereocenters. The molecule has 0 saturated heterocycles. The molecule has 14 heavy (non-hydrogen) atoms. The summed E-state index contributed by atoms with van der Waals surface area (Å²) < 4.78 is 13.3. The third-order valence-electron chi connectivity index (χ3n) is 1.83. The first-order valence-electron chi connectivity index (χ1n) is 4.20. The van der Waals surface area contributed by atoms with Crippen LogP contribution in [-0.4, -0.2) is 20.2 Å². The van der Waals surface area contributed by atoms with E-state index in [2.05, 4.69) is 15.4 Å². The summed E-state index contributed by atoms with van der Waals surface area (Å²) in [6.07, 6.45) is 0. The second-order valence-corrected chi connectivity index (χ2v) is 3.08. The maximum atomic E-state index is 13.3. The van der Waals surface area contributed by atoms with Gasteiger partial charge in [-0.1, -0.05) is 6.07 Å². The Morgan fingerprint density at radius 2 is 2.07 bits per heavy atom. The number of tetrazole rings is 1. The van der Waals surface area contributed by atoms with Crippen molar-refractivity contribution in [3.05, 3.63) is 35.4 Å². The summed E-state index contributed by atoms with van der Waals surface area (Å²) in [5.74, 6) is 0.166. The predicted octanol–water partition coefficient (Wildman–Crippen LogP) is 1.42. The van der Waals surface area contributed by atoms with Gasteiger partial charge in [0, 0.05) is 0 Å². The van der Waals surface area contributed by atoms with E-state index in [9.17, 15) is 4.39 Å². The normalized spacial score (nSPS) is 10.5. The molecule has 0 amide bonds. The molecule has 5 heteroatoms. The molecule has 1 heterocycles. The van der Waals surface area contributed by atoms with Crippen molar-refractivity contribution in [2.75, 3.05) is 0 Å². The first kappa shape index (κ1) is 8.80. The number of hydrogen-bond acceptors (Lipinski definition) is 3. The molecular weight excluding hydrogens is 183 g/mol. The van der Waals surface area contributed by atoms with Crippen LogP contribution in [0, 0.1) is 19.7 Å². The van der Waals surface area contributed by atoms with Crippen LogP contribution < -0.4 is 0 Å². The van der Waals surface area contributed by atoms with Crippen molar-refractivity contribution >= 4 is 0 Å². The predicted molar refractivity (Wildman–Crippen MR) is 48.6 cm³/mol. The fourth-order valence-corrected chi connectivity index (χ4v) is 1.16. The van der Waals surface area contributed by atoms with Crippen molar-refractivity contribution in [3.63, 3.8) is 0 Å². The van der Waals surface area contributed by atoms with Gasteiger partial charge in [-0.25, -0.2) is 4.39 Å². The molecule has 2 rings (SSSR count). The summed E-state index contributed by atoms with van der Waals surface area (Å²) in [5, 5.41) is 11.3. The number of benzene rings is 1. The molecule has 0 fully saturated rings. The maximum Gasteiger partial charge on any atom is 0.172 e. The molecule has 0 aliphatic carbocycles. The van der Waals surface area contributed by atoms with Gasteiger partial charge in [-0.05, 0) is 36.8 Å². The lowest BCUT2D eigenvalue weighted by Gasteiger charge is -2.01.